The van der Waals surface area contributed by atoms with Crippen LogP contribution in [0, 0.1) is 10.1 Å². The summed E-state index contributed by atoms with van der Waals surface area (Å²) in [5, 5.41) is 13.9. The van der Waals surface area contributed by atoms with E-state index < -0.39 is 28.9 Å². The minimum Gasteiger partial charge on any atom is -0.495 e. The molecule has 0 aromatic heterocycles. The van der Waals surface area contributed by atoms with Gasteiger partial charge in [-0.2, -0.15) is 0 Å². The lowest BCUT2D eigenvalue weighted by molar-refractivity contribution is -0.384. The number of nitrogens with zero attached hydrogens (tertiary/aromatic N) is 2. The van der Waals surface area contributed by atoms with Gasteiger partial charge in [0.1, 0.15) is 17.5 Å². The number of hydrogen-bond acceptors (Lipinski definition) is 6. The Hall–Kier alpha value is -3.62. The van der Waals surface area contributed by atoms with Crippen molar-refractivity contribution in [3.05, 3.63) is 52.6 Å². The lowest BCUT2D eigenvalue weighted by Gasteiger charge is -2.36. The van der Waals surface area contributed by atoms with Crippen molar-refractivity contribution in [2.24, 2.45) is 0 Å². The third kappa shape index (κ3) is 3.84. The third-order valence-corrected chi connectivity index (χ3v) is 4.70. The molecule has 1 heterocycles. The molecule has 152 valence electrons. The molecule has 0 saturated carbocycles. The summed E-state index contributed by atoms with van der Waals surface area (Å²) in [6.07, 6.45) is -0.377. The van der Waals surface area contributed by atoms with Gasteiger partial charge in [-0.25, -0.2) is 0 Å². The number of fused-ring (bicyclic) bond motifs is 1. The van der Waals surface area contributed by atoms with Gasteiger partial charge in [-0.3, -0.25) is 24.6 Å². The fraction of sp³-hybridized carbons (Fsp3) is 0.300. The number of amides is 2. The number of rotatable bonds is 6. The van der Waals surface area contributed by atoms with Crippen molar-refractivity contribution in [2.45, 2.75) is 32.4 Å². The molecule has 2 amide bonds. The molecule has 1 aliphatic heterocycles. The number of ether oxygens (including phenoxy) is 2. The highest BCUT2D eigenvalue weighted by Gasteiger charge is 2.39. The van der Waals surface area contributed by atoms with E-state index in [1.54, 1.807) is 38.1 Å². The van der Waals surface area contributed by atoms with Gasteiger partial charge in [-0.05, 0) is 31.5 Å². The number of carbonyl (C=O) groups excluding carboxylic acids is 2. The Labute approximate surface area is 167 Å². The molecule has 0 aliphatic carbocycles. The zero-order valence-electron chi connectivity index (χ0n) is 16.2. The van der Waals surface area contributed by atoms with Crippen LogP contribution < -0.4 is 19.7 Å². The van der Waals surface area contributed by atoms with Crippen LogP contribution in [0.25, 0.3) is 0 Å². The molecular formula is C20H21N3O6. The van der Waals surface area contributed by atoms with Crippen molar-refractivity contribution in [3.63, 3.8) is 0 Å². The molecule has 0 bridgehead atoms. The number of benzene rings is 2. The maximum Gasteiger partial charge on any atom is 0.271 e. The molecule has 0 saturated heterocycles. The first-order valence-electron chi connectivity index (χ1n) is 9.09. The summed E-state index contributed by atoms with van der Waals surface area (Å²) in [6, 6.07) is 9.94. The highest BCUT2D eigenvalue weighted by molar-refractivity contribution is 6.08. The topological polar surface area (TPSA) is 111 Å². The van der Waals surface area contributed by atoms with E-state index in [-0.39, 0.29) is 11.4 Å². The molecule has 1 aliphatic rings. The van der Waals surface area contributed by atoms with Gasteiger partial charge in [0.2, 0.25) is 5.91 Å². The van der Waals surface area contributed by atoms with E-state index in [0.29, 0.717) is 23.6 Å². The van der Waals surface area contributed by atoms with Crippen LogP contribution in [0.15, 0.2) is 42.5 Å². The molecular weight excluding hydrogens is 378 g/mol. The van der Waals surface area contributed by atoms with Gasteiger partial charge in [-0.15, -0.1) is 0 Å². The lowest BCUT2D eigenvalue weighted by Crippen LogP contribution is -2.53. The van der Waals surface area contributed by atoms with E-state index in [2.05, 4.69) is 5.32 Å². The largest absolute Gasteiger partial charge is 0.495 e. The number of hydrogen-bond donors (Lipinski definition) is 1. The smallest absolute Gasteiger partial charge is 0.271 e. The maximum absolute atomic E-state index is 12.9. The van der Waals surface area contributed by atoms with Crippen LogP contribution >= 0.6 is 0 Å². The van der Waals surface area contributed by atoms with Crippen LogP contribution in [0.4, 0.5) is 17.1 Å². The van der Waals surface area contributed by atoms with Crippen LogP contribution in [-0.2, 0) is 9.59 Å². The maximum atomic E-state index is 12.9. The van der Waals surface area contributed by atoms with Gasteiger partial charge in [0, 0.05) is 12.1 Å². The molecule has 2 aromatic carbocycles. The molecule has 9 nitrogen and oxygen atoms in total. The quantitative estimate of drug-likeness (QED) is 0.590. The van der Waals surface area contributed by atoms with Gasteiger partial charge >= 0.3 is 0 Å². The van der Waals surface area contributed by atoms with Crippen LogP contribution in [0.1, 0.15) is 20.3 Å². The fourth-order valence-electron chi connectivity index (χ4n) is 3.14. The van der Waals surface area contributed by atoms with Crippen molar-refractivity contribution < 1.29 is 24.0 Å². The summed E-state index contributed by atoms with van der Waals surface area (Å²) in [7, 11) is 1.49. The molecule has 0 spiro atoms. The zero-order valence-corrected chi connectivity index (χ0v) is 16.2. The number of non-ortho nitro benzene ring substituents is 1. The predicted octanol–water partition coefficient (Wildman–Crippen LogP) is 3.13. The first-order chi connectivity index (χ1) is 13.9. The number of carbonyl (C=O) groups is 2. The number of anilines is 2. The Morgan fingerprint density at radius 2 is 2.07 bits per heavy atom. The SMILES string of the molecule is CCC1Oc2ccc([N+](=O)[O-])cc2N(C(C)C(=O)Nc2ccccc2OC)C1=O. The molecule has 9 heteroatoms. The summed E-state index contributed by atoms with van der Waals surface area (Å²) in [4.78, 5) is 37.7. The number of nitro groups is 1. The molecule has 2 unspecified atom stereocenters. The van der Waals surface area contributed by atoms with Crippen LogP contribution in [0.3, 0.4) is 0 Å². The Bertz CT molecular complexity index is 961. The normalized spacial score (nSPS) is 16.4. The number of methoxy groups -OCH3 is 1. The van der Waals surface area contributed by atoms with Crippen LogP contribution in [0.5, 0.6) is 11.5 Å². The second-order valence-corrected chi connectivity index (χ2v) is 6.50. The second kappa shape index (κ2) is 8.17. The van der Waals surface area contributed by atoms with Crippen molar-refractivity contribution >= 4 is 28.9 Å². The van der Waals surface area contributed by atoms with Crippen LogP contribution in [0.2, 0.25) is 0 Å². The van der Waals surface area contributed by atoms with E-state index in [0.717, 1.165) is 0 Å². The summed E-state index contributed by atoms with van der Waals surface area (Å²) < 4.78 is 10.9. The molecule has 0 radical (unpaired) electrons. The molecule has 0 fully saturated rings. The Balaban J connectivity index is 1.96. The van der Waals surface area contributed by atoms with Gasteiger partial charge in [0.05, 0.1) is 23.4 Å². The number of nitro benzene ring substituents is 1. The first-order valence-corrected chi connectivity index (χ1v) is 9.09. The second-order valence-electron chi connectivity index (χ2n) is 6.50. The Kier molecular flexibility index (Phi) is 5.67. The van der Waals surface area contributed by atoms with E-state index in [1.165, 1.54) is 30.2 Å². The average Bonchev–Trinajstić information content (AvgIpc) is 2.72. The molecule has 29 heavy (non-hydrogen) atoms. The van der Waals surface area contributed by atoms with Gasteiger partial charge in [0.25, 0.3) is 11.6 Å². The fourth-order valence-corrected chi connectivity index (χ4v) is 3.14. The van der Waals surface area contributed by atoms with Crippen molar-refractivity contribution in [2.75, 3.05) is 17.3 Å². The van der Waals surface area contributed by atoms with E-state index >= 15 is 0 Å². The minimum atomic E-state index is -0.939. The van der Waals surface area contributed by atoms with Gasteiger partial charge < -0.3 is 14.8 Å². The van der Waals surface area contributed by atoms with Crippen molar-refractivity contribution in [3.8, 4) is 11.5 Å². The van der Waals surface area contributed by atoms with Crippen molar-refractivity contribution in [1.29, 1.82) is 0 Å². The lowest BCUT2D eigenvalue weighted by atomic mass is 10.1. The Morgan fingerprint density at radius 1 is 1.34 bits per heavy atom. The van der Waals surface area contributed by atoms with E-state index in [9.17, 15) is 19.7 Å². The number of nitrogens with one attached hydrogen (secondary N) is 1. The van der Waals surface area contributed by atoms with Crippen LogP contribution in [-0.4, -0.2) is 36.0 Å². The summed E-state index contributed by atoms with van der Waals surface area (Å²) in [5.41, 5.74) is 0.452. The van der Waals surface area contributed by atoms with E-state index in [4.69, 9.17) is 9.47 Å². The molecule has 1 N–H and O–H groups in total. The standard InChI is InChI=1S/C20H21N3O6/c1-4-16-20(25)22(15-11-13(23(26)27)9-10-18(15)29-16)12(2)19(24)21-14-7-5-6-8-17(14)28-3/h5-12,16H,4H2,1-3H3,(H,21,24). The van der Waals surface area contributed by atoms with Crippen molar-refractivity contribution in [1.82, 2.24) is 0 Å². The summed E-state index contributed by atoms with van der Waals surface area (Å²) >= 11 is 0. The molecule has 2 atom stereocenters. The van der Waals surface area contributed by atoms with Gasteiger partial charge in [-0.1, -0.05) is 19.1 Å². The minimum absolute atomic E-state index is 0.191. The summed E-state index contributed by atoms with van der Waals surface area (Å²) in [6.45, 7) is 3.35. The van der Waals surface area contributed by atoms with E-state index in [1.807, 2.05) is 0 Å². The molecule has 2 aromatic rings. The highest BCUT2D eigenvalue weighted by Crippen LogP contribution is 2.39. The average molecular weight is 399 g/mol. The highest BCUT2D eigenvalue weighted by atomic mass is 16.6. The monoisotopic (exact) mass is 399 g/mol. The number of para-hydroxylation sites is 2. The molecule has 3 rings (SSSR count). The zero-order chi connectivity index (χ0) is 21.1. The predicted molar refractivity (Wildman–Crippen MR) is 106 cm³/mol. The third-order valence-electron chi connectivity index (χ3n) is 4.70. The summed E-state index contributed by atoms with van der Waals surface area (Å²) in [5.74, 6) is -0.0944. The Morgan fingerprint density at radius 3 is 2.72 bits per heavy atom. The van der Waals surface area contributed by atoms with Gasteiger partial charge in [0.15, 0.2) is 6.10 Å². The first kappa shape index (κ1) is 20.1.